The minimum Gasteiger partial charge on any atom is -0.480 e. The number of aromatic nitrogens is 1. The van der Waals surface area contributed by atoms with Crippen molar-refractivity contribution in [3.8, 4) is 0 Å². The Hall–Kier alpha value is -1.63. The van der Waals surface area contributed by atoms with Crippen molar-refractivity contribution in [2.75, 3.05) is 11.9 Å². The fraction of sp³-hybridized carbons (Fsp3) is 0.583. The highest BCUT2D eigenvalue weighted by Gasteiger charge is 2.34. The Kier molecular flexibility index (Phi) is 4.04. The van der Waals surface area contributed by atoms with Crippen molar-refractivity contribution in [3.63, 3.8) is 0 Å². The molecular formula is C12H17N3O3S. The molecular weight excluding hydrogens is 266 g/mol. The van der Waals surface area contributed by atoms with Crippen molar-refractivity contribution in [1.82, 2.24) is 9.88 Å². The van der Waals surface area contributed by atoms with E-state index in [2.05, 4.69) is 10.3 Å². The Labute approximate surface area is 115 Å². The lowest BCUT2D eigenvalue weighted by molar-refractivity contribution is -0.137. The van der Waals surface area contributed by atoms with Crippen LogP contribution in [-0.4, -0.2) is 39.6 Å². The van der Waals surface area contributed by atoms with E-state index < -0.39 is 5.97 Å². The number of thiazole rings is 1. The van der Waals surface area contributed by atoms with Gasteiger partial charge in [-0.1, -0.05) is 6.92 Å². The summed E-state index contributed by atoms with van der Waals surface area (Å²) in [6.45, 7) is 3.71. The third-order valence-corrected chi connectivity index (χ3v) is 3.92. The van der Waals surface area contributed by atoms with E-state index in [1.807, 2.05) is 13.8 Å². The van der Waals surface area contributed by atoms with Crippen LogP contribution in [0.1, 0.15) is 30.3 Å². The molecule has 1 heterocycles. The number of nitrogens with one attached hydrogen (secondary N) is 1. The van der Waals surface area contributed by atoms with Gasteiger partial charge >= 0.3 is 12.0 Å². The summed E-state index contributed by atoms with van der Waals surface area (Å²) in [5.41, 5.74) is 0.969. The molecule has 1 aromatic rings. The number of amides is 2. The molecule has 1 fully saturated rings. The summed E-state index contributed by atoms with van der Waals surface area (Å²) in [6, 6.07) is -0.316. The van der Waals surface area contributed by atoms with Crippen LogP contribution >= 0.6 is 11.3 Å². The second-order valence-electron chi connectivity index (χ2n) is 4.56. The van der Waals surface area contributed by atoms with Crippen LogP contribution < -0.4 is 5.32 Å². The first-order valence-electron chi connectivity index (χ1n) is 6.27. The number of carbonyl (C=O) groups excluding carboxylic acids is 1. The van der Waals surface area contributed by atoms with E-state index in [9.17, 15) is 9.59 Å². The summed E-state index contributed by atoms with van der Waals surface area (Å²) < 4.78 is 0. The fourth-order valence-corrected chi connectivity index (χ4v) is 2.76. The Morgan fingerprint density at radius 3 is 2.68 bits per heavy atom. The average Bonchev–Trinajstić information content (AvgIpc) is 3.11. The molecule has 7 heteroatoms. The average molecular weight is 283 g/mol. The molecule has 0 radical (unpaired) electrons. The number of aliphatic carboxylic acids is 1. The molecule has 1 aromatic heterocycles. The van der Waals surface area contributed by atoms with E-state index in [1.165, 1.54) is 16.2 Å². The molecule has 1 saturated carbocycles. The largest absolute Gasteiger partial charge is 0.480 e. The standard InChI is InChI=1S/C12H17N3O3S/c1-3-9-7(2)19-11(13-9)14-12(18)15(6-10(16)17)8-4-5-8/h8H,3-6H2,1-2H3,(H,16,17)(H,13,14,18). The minimum atomic E-state index is -0.994. The van der Waals surface area contributed by atoms with E-state index in [0.717, 1.165) is 29.8 Å². The normalized spacial score (nSPS) is 14.2. The number of aryl methyl sites for hydroxylation is 2. The van der Waals surface area contributed by atoms with Gasteiger partial charge in [0.05, 0.1) is 5.69 Å². The molecule has 0 saturated heterocycles. The van der Waals surface area contributed by atoms with E-state index >= 15 is 0 Å². The third-order valence-electron chi connectivity index (χ3n) is 3.00. The summed E-state index contributed by atoms with van der Waals surface area (Å²) in [5.74, 6) is -0.994. The predicted octanol–water partition coefficient (Wildman–Crippen LogP) is 2.09. The van der Waals surface area contributed by atoms with Gasteiger partial charge in [-0.05, 0) is 26.2 Å². The zero-order valence-electron chi connectivity index (χ0n) is 11.0. The molecule has 104 valence electrons. The fourth-order valence-electron chi connectivity index (χ4n) is 1.87. The van der Waals surface area contributed by atoms with Crippen molar-refractivity contribution in [3.05, 3.63) is 10.6 Å². The van der Waals surface area contributed by atoms with E-state index in [-0.39, 0.29) is 18.6 Å². The maximum absolute atomic E-state index is 12.1. The highest BCUT2D eigenvalue weighted by molar-refractivity contribution is 7.15. The van der Waals surface area contributed by atoms with Crippen LogP contribution in [-0.2, 0) is 11.2 Å². The van der Waals surface area contributed by atoms with Gasteiger partial charge in [-0.15, -0.1) is 11.3 Å². The Balaban J connectivity index is 2.03. The Morgan fingerprint density at radius 1 is 1.53 bits per heavy atom. The summed E-state index contributed by atoms with van der Waals surface area (Å²) >= 11 is 1.42. The highest BCUT2D eigenvalue weighted by atomic mass is 32.1. The molecule has 0 unspecified atom stereocenters. The van der Waals surface area contributed by atoms with Gasteiger partial charge in [-0.3, -0.25) is 10.1 Å². The first kappa shape index (κ1) is 13.8. The molecule has 1 aliphatic carbocycles. The monoisotopic (exact) mass is 283 g/mol. The van der Waals surface area contributed by atoms with Crippen LogP contribution in [0.4, 0.5) is 9.93 Å². The number of hydrogen-bond donors (Lipinski definition) is 2. The number of urea groups is 1. The molecule has 0 spiro atoms. The number of carboxylic acid groups (broad SMARTS) is 1. The molecule has 0 aromatic carbocycles. The second-order valence-corrected chi connectivity index (χ2v) is 5.76. The van der Waals surface area contributed by atoms with Crippen molar-refractivity contribution in [2.45, 2.75) is 39.2 Å². The molecule has 2 N–H and O–H groups in total. The Morgan fingerprint density at radius 2 is 2.21 bits per heavy atom. The number of nitrogens with zero attached hydrogens (tertiary/aromatic N) is 2. The summed E-state index contributed by atoms with van der Waals surface area (Å²) in [4.78, 5) is 29.6. The minimum absolute atomic E-state index is 0.0582. The Bertz CT molecular complexity index is 496. The highest BCUT2D eigenvalue weighted by Crippen LogP contribution is 2.28. The van der Waals surface area contributed by atoms with Crippen molar-refractivity contribution < 1.29 is 14.7 Å². The molecule has 2 rings (SSSR count). The number of anilines is 1. The van der Waals surface area contributed by atoms with Crippen molar-refractivity contribution in [2.24, 2.45) is 0 Å². The second kappa shape index (κ2) is 5.56. The predicted molar refractivity (Wildman–Crippen MR) is 72.6 cm³/mol. The number of rotatable bonds is 5. The van der Waals surface area contributed by atoms with Crippen LogP contribution in [0.5, 0.6) is 0 Å². The van der Waals surface area contributed by atoms with Crippen LogP contribution in [0, 0.1) is 6.92 Å². The zero-order chi connectivity index (χ0) is 14.0. The van der Waals surface area contributed by atoms with E-state index in [1.54, 1.807) is 0 Å². The van der Waals surface area contributed by atoms with Gasteiger partial charge in [0.1, 0.15) is 6.54 Å². The van der Waals surface area contributed by atoms with E-state index in [4.69, 9.17) is 5.11 Å². The van der Waals surface area contributed by atoms with Crippen LogP contribution in [0.15, 0.2) is 0 Å². The summed E-state index contributed by atoms with van der Waals surface area (Å²) in [7, 11) is 0. The molecule has 0 atom stereocenters. The summed E-state index contributed by atoms with van der Waals surface area (Å²) in [5, 5.41) is 12.1. The summed E-state index contributed by atoms with van der Waals surface area (Å²) in [6.07, 6.45) is 2.56. The van der Waals surface area contributed by atoms with Gasteiger partial charge in [0.15, 0.2) is 5.13 Å². The van der Waals surface area contributed by atoms with Gasteiger partial charge in [-0.2, -0.15) is 0 Å². The third kappa shape index (κ3) is 3.44. The zero-order valence-corrected chi connectivity index (χ0v) is 11.8. The first-order valence-corrected chi connectivity index (χ1v) is 7.08. The lowest BCUT2D eigenvalue weighted by Gasteiger charge is -2.19. The van der Waals surface area contributed by atoms with Gasteiger partial charge in [0, 0.05) is 10.9 Å². The van der Waals surface area contributed by atoms with Crippen LogP contribution in [0.25, 0.3) is 0 Å². The maximum atomic E-state index is 12.1. The molecule has 0 aliphatic heterocycles. The molecule has 6 nitrogen and oxygen atoms in total. The number of carboxylic acids is 1. The van der Waals surface area contributed by atoms with Crippen molar-refractivity contribution >= 4 is 28.5 Å². The lowest BCUT2D eigenvalue weighted by Crippen LogP contribution is -2.40. The number of carbonyl (C=O) groups is 2. The topological polar surface area (TPSA) is 82.5 Å². The molecule has 0 bridgehead atoms. The van der Waals surface area contributed by atoms with Gasteiger partial charge in [-0.25, -0.2) is 9.78 Å². The maximum Gasteiger partial charge on any atom is 0.324 e. The van der Waals surface area contributed by atoms with Gasteiger partial charge in [0.25, 0.3) is 0 Å². The quantitative estimate of drug-likeness (QED) is 0.867. The van der Waals surface area contributed by atoms with E-state index in [0.29, 0.717) is 5.13 Å². The first-order chi connectivity index (χ1) is 9.01. The molecule has 19 heavy (non-hydrogen) atoms. The lowest BCUT2D eigenvalue weighted by atomic mass is 10.3. The van der Waals surface area contributed by atoms with Crippen LogP contribution in [0.3, 0.4) is 0 Å². The molecule has 1 aliphatic rings. The van der Waals surface area contributed by atoms with Gasteiger partial charge in [0.2, 0.25) is 0 Å². The smallest absolute Gasteiger partial charge is 0.324 e. The van der Waals surface area contributed by atoms with Crippen molar-refractivity contribution in [1.29, 1.82) is 0 Å². The number of hydrogen-bond acceptors (Lipinski definition) is 4. The molecule has 2 amide bonds. The van der Waals surface area contributed by atoms with Crippen LogP contribution in [0.2, 0.25) is 0 Å². The van der Waals surface area contributed by atoms with Gasteiger partial charge < -0.3 is 10.0 Å². The SMILES string of the molecule is CCc1nc(NC(=O)N(CC(=O)O)C2CC2)sc1C.